The fourth-order valence-corrected chi connectivity index (χ4v) is 3.41. The topological polar surface area (TPSA) is 51.7 Å². The molecule has 1 aromatic heterocycles. The summed E-state index contributed by atoms with van der Waals surface area (Å²) in [6.45, 7) is 5.86. The van der Waals surface area contributed by atoms with E-state index in [0.717, 1.165) is 34.5 Å². The first kappa shape index (κ1) is 19.8. The molecule has 2 aromatic carbocycles. The van der Waals surface area contributed by atoms with Crippen LogP contribution in [0.2, 0.25) is 0 Å². The van der Waals surface area contributed by atoms with Gasteiger partial charge in [0.1, 0.15) is 5.75 Å². The average molecular weight is 378 g/mol. The van der Waals surface area contributed by atoms with Crippen molar-refractivity contribution < 1.29 is 14.3 Å². The van der Waals surface area contributed by atoms with Crippen molar-refractivity contribution in [1.29, 1.82) is 0 Å². The number of nitrogens with zero attached hydrogens (tertiary/aromatic N) is 2. The lowest BCUT2D eigenvalue weighted by Crippen LogP contribution is -2.21. The number of esters is 1. The Morgan fingerprint density at radius 1 is 1.07 bits per heavy atom. The number of benzene rings is 2. The molecule has 0 radical (unpaired) electrons. The van der Waals surface area contributed by atoms with Crippen LogP contribution in [-0.2, 0) is 17.8 Å². The number of pyridine rings is 1. The van der Waals surface area contributed by atoms with Crippen molar-refractivity contribution >= 4 is 16.9 Å². The van der Waals surface area contributed by atoms with E-state index in [-0.39, 0.29) is 5.97 Å². The highest BCUT2D eigenvalue weighted by Gasteiger charge is 2.20. The van der Waals surface area contributed by atoms with Crippen LogP contribution >= 0.6 is 0 Å². The summed E-state index contributed by atoms with van der Waals surface area (Å²) in [7, 11) is 3.42. The van der Waals surface area contributed by atoms with Crippen LogP contribution in [0.15, 0.2) is 48.5 Å². The number of aryl methyl sites for hydroxylation is 1. The van der Waals surface area contributed by atoms with Crippen LogP contribution in [0.5, 0.6) is 5.75 Å². The molecule has 5 heteroatoms. The molecule has 0 aliphatic heterocycles. The maximum Gasteiger partial charge on any atom is 0.340 e. The van der Waals surface area contributed by atoms with Crippen LogP contribution in [0.3, 0.4) is 0 Å². The number of hydrogen-bond donors (Lipinski definition) is 0. The molecular formula is C23H26N2O3. The van der Waals surface area contributed by atoms with Crippen LogP contribution in [0.4, 0.5) is 0 Å². The van der Waals surface area contributed by atoms with Crippen molar-refractivity contribution in [3.63, 3.8) is 0 Å². The van der Waals surface area contributed by atoms with Gasteiger partial charge in [-0.25, -0.2) is 4.79 Å². The predicted molar refractivity (Wildman–Crippen MR) is 111 cm³/mol. The molecule has 1 heterocycles. The fourth-order valence-electron chi connectivity index (χ4n) is 3.41. The highest BCUT2D eigenvalue weighted by atomic mass is 16.5. The molecule has 3 rings (SSSR count). The van der Waals surface area contributed by atoms with E-state index in [9.17, 15) is 4.79 Å². The molecular weight excluding hydrogens is 352 g/mol. The number of rotatable bonds is 7. The third-order valence-electron chi connectivity index (χ3n) is 4.72. The van der Waals surface area contributed by atoms with Crippen LogP contribution in [0.25, 0.3) is 10.9 Å². The van der Waals surface area contributed by atoms with Crippen molar-refractivity contribution in [2.24, 2.45) is 0 Å². The Kier molecular flexibility index (Phi) is 6.26. The van der Waals surface area contributed by atoms with Crippen molar-refractivity contribution in [2.45, 2.75) is 26.9 Å². The molecule has 5 nitrogen and oxygen atoms in total. The van der Waals surface area contributed by atoms with E-state index in [1.54, 1.807) is 0 Å². The second-order valence-corrected chi connectivity index (χ2v) is 6.82. The third kappa shape index (κ3) is 4.31. The smallest absolute Gasteiger partial charge is 0.340 e. The zero-order valence-corrected chi connectivity index (χ0v) is 16.9. The molecule has 0 unspecified atom stereocenters. The Hall–Kier alpha value is -2.92. The molecule has 0 bridgehead atoms. The molecule has 0 aliphatic carbocycles. The van der Waals surface area contributed by atoms with E-state index in [0.29, 0.717) is 18.7 Å². The minimum atomic E-state index is -0.347. The Balaban J connectivity index is 1.86. The van der Waals surface area contributed by atoms with Gasteiger partial charge in [-0.2, -0.15) is 0 Å². The molecule has 28 heavy (non-hydrogen) atoms. The van der Waals surface area contributed by atoms with E-state index < -0.39 is 0 Å². The molecule has 0 spiro atoms. The maximum absolute atomic E-state index is 12.4. The minimum absolute atomic E-state index is 0.347. The van der Waals surface area contributed by atoms with Gasteiger partial charge >= 0.3 is 5.97 Å². The summed E-state index contributed by atoms with van der Waals surface area (Å²) in [5, 5.41) is 0.973. The Morgan fingerprint density at radius 3 is 2.46 bits per heavy atom. The first-order chi connectivity index (χ1) is 13.5. The van der Waals surface area contributed by atoms with Crippen molar-refractivity contribution in [3.05, 3.63) is 70.9 Å². The molecule has 0 aliphatic rings. The van der Waals surface area contributed by atoms with E-state index in [1.807, 2.05) is 57.3 Å². The van der Waals surface area contributed by atoms with Crippen LogP contribution in [0, 0.1) is 6.92 Å². The number of hydrogen-bond acceptors (Lipinski definition) is 5. The minimum Gasteiger partial charge on any atom is -0.494 e. The van der Waals surface area contributed by atoms with Gasteiger partial charge in [0.2, 0.25) is 0 Å². The summed E-state index contributed by atoms with van der Waals surface area (Å²) < 4.78 is 10.5. The van der Waals surface area contributed by atoms with Gasteiger partial charge in [-0.1, -0.05) is 30.3 Å². The average Bonchev–Trinajstić information content (AvgIpc) is 2.69. The summed E-state index contributed by atoms with van der Waals surface area (Å²) in [5.41, 5.74) is 4.25. The second-order valence-electron chi connectivity index (χ2n) is 6.82. The van der Waals surface area contributed by atoms with Crippen molar-refractivity contribution in [1.82, 2.24) is 9.88 Å². The van der Waals surface area contributed by atoms with Crippen molar-refractivity contribution in [2.75, 3.05) is 20.8 Å². The van der Waals surface area contributed by atoms with Crippen LogP contribution in [0.1, 0.15) is 34.1 Å². The quantitative estimate of drug-likeness (QED) is 0.572. The van der Waals surface area contributed by atoms with E-state index in [1.165, 1.54) is 12.7 Å². The predicted octanol–water partition coefficient (Wildman–Crippen LogP) is 4.36. The monoisotopic (exact) mass is 378 g/mol. The summed E-state index contributed by atoms with van der Waals surface area (Å²) >= 11 is 0. The summed E-state index contributed by atoms with van der Waals surface area (Å²) in [6, 6.07) is 15.9. The van der Waals surface area contributed by atoms with Crippen molar-refractivity contribution in [3.8, 4) is 5.75 Å². The highest BCUT2D eigenvalue weighted by molar-refractivity contribution is 5.98. The number of methoxy groups -OCH3 is 1. The molecule has 0 saturated heterocycles. The Morgan fingerprint density at radius 2 is 1.79 bits per heavy atom. The molecule has 0 amide bonds. The van der Waals surface area contributed by atoms with E-state index >= 15 is 0 Å². The van der Waals surface area contributed by atoms with Gasteiger partial charge in [0, 0.05) is 18.5 Å². The molecule has 3 aromatic rings. The zero-order valence-electron chi connectivity index (χ0n) is 16.9. The number of para-hydroxylation sites is 1. The lowest BCUT2D eigenvalue weighted by atomic mass is 10.0. The Bertz CT molecular complexity index is 967. The second kappa shape index (κ2) is 8.85. The number of carbonyl (C=O) groups is 1. The van der Waals surface area contributed by atoms with E-state index in [4.69, 9.17) is 14.5 Å². The molecule has 0 saturated carbocycles. The van der Waals surface area contributed by atoms with Gasteiger partial charge in [-0.05, 0) is 50.2 Å². The lowest BCUT2D eigenvalue weighted by molar-refractivity contribution is 0.0597. The van der Waals surface area contributed by atoms with Gasteiger partial charge < -0.3 is 9.47 Å². The van der Waals surface area contributed by atoms with Gasteiger partial charge in [-0.15, -0.1) is 0 Å². The largest absolute Gasteiger partial charge is 0.494 e. The fraction of sp³-hybridized carbons (Fsp3) is 0.304. The van der Waals surface area contributed by atoms with Gasteiger partial charge in [0.15, 0.2) is 0 Å². The highest BCUT2D eigenvalue weighted by Crippen LogP contribution is 2.25. The van der Waals surface area contributed by atoms with Gasteiger partial charge in [-0.3, -0.25) is 9.88 Å². The normalized spacial score (nSPS) is 11.0. The molecule has 0 N–H and O–H groups in total. The standard InChI is InChI=1S/C23H26N2O3/c1-5-28-18-12-10-17(11-13-18)14-25(3)15-21-22(23(26)27-4)16(2)19-8-6-7-9-20(19)24-21/h6-13H,5,14-15H2,1-4H3. The number of fused-ring (bicyclic) bond motifs is 1. The van der Waals surface area contributed by atoms with Gasteiger partial charge in [0.25, 0.3) is 0 Å². The SMILES string of the molecule is CCOc1ccc(CN(C)Cc2nc3ccccc3c(C)c2C(=O)OC)cc1. The number of carbonyl (C=O) groups excluding carboxylic acids is 1. The van der Waals surface area contributed by atoms with E-state index in [2.05, 4.69) is 17.0 Å². The molecule has 146 valence electrons. The maximum atomic E-state index is 12.4. The zero-order chi connectivity index (χ0) is 20.1. The third-order valence-corrected chi connectivity index (χ3v) is 4.72. The Labute approximate surface area is 165 Å². The van der Waals surface area contributed by atoms with Crippen LogP contribution in [-0.4, -0.2) is 36.6 Å². The lowest BCUT2D eigenvalue weighted by Gasteiger charge is -2.20. The molecule has 0 fully saturated rings. The first-order valence-electron chi connectivity index (χ1n) is 9.40. The number of aromatic nitrogens is 1. The molecule has 0 atom stereocenters. The van der Waals surface area contributed by atoms with Crippen LogP contribution < -0.4 is 4.74 Å². The summed E-state index contributed by atoms with van der Waals surface area (Å²) in [4.78, 5) is 19.3. The summed E-state index contributed by atoms with van der Waals surface area (Å²) in [6.07, 6.45) is 0. The van der Waals surface area contributed by atoms with Gasteiger partial charge in [0.05, 0.1) is 30.5 Å². The first-order valence-corrected chi connectivity index (χ1v) is 9.40. The summed E-state index contributed by atoms with van der Waals surface area (Å²) in [5.74, 6) is 0.522. The number of ether oxygens (including phenoxy) is 2.